The van der Waals surface area contributed by atoms with Crippen LogP contribution in [0.3, 0.4) is 0 Å². The minimum Gasteiger partial charge on any atom is -0.507 e. The SMILES string of the molecule is Cc1ccc2nc(-c3cc(Cl)ccc3O)nc(NCC(N)C(C)C)c2c1. The summed E-state index contributed by atoms with van der Waals surface area (Å²) in [6.07, 6.45) is 0. The second-order valence-corrected chi connectivity index (χ2v) is 7.30. The molecule has 0 aliphatic carbocycles. The van der Waals surface area contributed by atoms with Crippen molar-refractivity contribution in [2.75, 3.05) is 11.9 Å². The lowest BCUT2D eigenvalue weighted by Gasteiger charge is -2.18. The van der Waals surface area contributed by atoms with Gasteiger partial charge in [0.1, 0.15) is 11.6 Å². The summed E-state index contributed by atoms with van der Waals surface area (Å²) in [7, 11) is 0. The monoisotopic (exact) mass is 370 g/mol. The fourth-order valence-corrected chi connectivity index (χ4v) is 2.81. The molecule has 1 unspecified atom stereocenters. The molecule has 0 fully saturated rings. The predicted molar refractivity (Wildman–Crippen MR) is 108 cm³/mol. The third-order valence-electron chi connectivity index (χ3n) is 4.41. The Morgan fingerprint density at radius 3 is 2.65 bits per heavy atom. The zero-order chi connectivity index (χ0) is 18.8. The van der Waals surface area contributed by atoms with Gasteiger partial charge in [0.25, 0.3) is 0 Å². The molecule has 0 saturated heterocycles. The molecule has 6 heteroatoms. The number of hydrogen-bond acceptors (Lipinski definition) is 5. The number of phenolic OH excluding ortho intramolecular Hbond substituents is 1. The maximum absolute atomic E-state index is 10.2. The number of benzene rings is 2. The van der Waals surface area contributed by atoms with Crippen LogP contribution >= 0.6 is 11.6 Å². The molecule has 2 aromatic carbocycles. The molecule has 0 amide bonds. The molecule has 5 nitrogen and oxygen atoms in total. The first-order valence-electron chi connectivity index (χ1n) is 8.62. The van der Waals surface area contributed by atoms with Gasteiger partial charge in [0.15, 0.2) is 5.82 Å². The average Bonchev–Trinajstić information content (AvgIpc) is 2.61. The molecule has 1 heterocycles. The Labute approximate surface area is 158 Å². The lowest BCUT2D eigenvalue weighted by atomic mass is 10.1. The summed E-state index contributed by atoms with van der Waals surface area (Å²) in [5, 5.41) is 15.0. The van der Waals surface area contributed by atoms with E-state index >= 15 is 0 Å². The summed E-state index contributed by atoms with van der Waals surface area (Å²) >= 11 is 6.08. The highest BCUT2D eigenvalue weighted by atomic mass is 35.5. The van der Waals surface area contributed by atoms with Gasteiger partial charge in [-0.25, -0.2) is 9.97 Å². The summed E-state index contributed by atoms with van der Waals surface area (Å²) in [6, 6.07) is 10.8. The molecule has 0 saturated carbocycles. The van der Waals surface area contributed by atoms with E-state index in [4.69, 9.17) is 17.3 Å². The van der Waals surface area contributed by atoms with Crippen LogP contribution in [0.25, 0.3) is 22.3 Å². The lowest BCUT2D eigenvalue weighted by molar-refractivity contribution is 0.477. The van der Waals surface area contributed by atoms with Gasteiger partial charge in [0, 0.05) is 23.0 Å². The van der Waals surface area contributed by atoms with Crippen LogP contribution in [-0.2, 0) is 0 Å². The Morgan fingerprint density at radius 1 is 1.15 bits per heavy atom. The van der Waals surface area contributed by atoms with Crippen molar-refractivity contribution in [1.82, 2.24) is 9.97 Å². The minimum atomic E-state index is 0.00727. The highest BCUT2D eigenvalue weighted by molar-refractivity contribution is 6.30. The van der Waals surface area contributed by atoms with Crippen LogP contribution in [0.15, 0.2) is 36.4 Å². The third kappa shape index (κ3) is 3.89. The Hall–Kier alpha value is -2.37. The number of hydrogen-bond donors (Lipinski definition) is 3. The highest BCUT2D eigenvalue weighted by Gasteiger charge is 2.15. The van der Waals surface area contributed by atoms with Crippen molar-refractivity contribution in [1.29, 1.82) is 0 Å². The topological polar surface area (TPSA) is 84.1 Å². The zero-order valence-corrected chi connectivity index (χ0v) is 15.9. The van der Waals surface area contributed by atoms with Crippen molar-refractivity contribution in [2.45, 2.75) is 26.8 Å². The molecule has 136 valence electrons. The average molecular weight is 371 g/mol. The van der Waals surface area contributed by atoms with Crippen molar-refractivity contribution in [3.63, 3.8) is 0 Å². The number of nitrogens with two attached hydrogens (primary N) is 1. The summed E-state index contributed by atoms with van der Waals surface area (Å²) in [5.74, 6) is 1.56. The summed E-state index contributed by atoms with van der Waals surface area (Å²) < 4.78 is 0. The van der Waals surface area contributed by atoms with Crippen LogP contribution in [0.1, 0.15) is 19.4 Å². The summed E-state index contributed by atoms with van der Waals surface area (Å²) in [4.78, 5) is 9.26. The molecule has 1 aromatic heterocycles. The number of nitrogens with zero attached hydrogens (tertiary/aromatic N) is 2. The zero-order valence-electron chi connectivity index (χ0n) is 15.1. The van der Waals surface area contributed by atoms with E-state index in [0.717, 1.165) is 16.5 Å². The van der Waals surface area contributed by atoms with Crippen LogP contribution in [-0.4, -0.2) is 27.7 Å². The molecule has 0 aliphatic heterocycles. The van der Waals surface area contributed by atoms with E-state index in [0.29, 0.717) is 34.7 Å². The first kappa shape index (κ1) is 18.4. The van der Waals surface area contributed by atoms with Crippen molar-refractivity contribution in [2.24, 2.45) is 11.7 Å². The third-order valence-corrected chi connectivity index (χ3v) is 4.65. The number of fused-ring (bicyclic) bond motifs is 1. The van der Waals surface area contributed by atoms with E-state index in [1.54, 1.807) is 18.2 Å². The maximum Gasteiger partial charge on any atom is 0.165 e. The van der Waals surface area contributed by atoms with Gasteiger partial charge in [-0.1, -0.05) is 37.1 Å². The van der Waals surface area contributed by atoms with E-state index in [9.17, 15) is 5.11 Å². The van der Waals surface area contributed by atoms with Crippen LogP contribution < -0.4 is 11.1 Å². The normalized spacial score (nSPS) is 12.5. The van der Waals surface area contributed by atoms with Gasteiger partial charge in [-0.2, -0.15) is 0 Å². The van der Waals surface area contributed by atoms with E-state index in [-0.39, 0.29) is 11.8 Å². The molecule has 0 spiro atoms. The Kier molecular flexibility index (Phi) is 5.30. The number of nitrogens with one attached hydrogen (secondary N) is 1. The lowest BCUT2D eigenvalue weighted by Crippen LogP contribution is -2.34. The van der Waals surface area contributed by atoms with Gasteiger partial charge in [-0.15, -0.1) is 0 Å². The second kappa shape index (κ2) is 7.48. The number of anilines is 1. The summed E-state index contributed by atoms with van der Waals surface area (Å²) in [6.45, 7) is 6.80. The van der Waals surface area contributed by atoms with Crippen molar-refractivity contribution in [3.8, 4) is 17.1 Å². The first-order valence-corrected chi connectivity index (χ1v) is 8.99. The van der Waals surface area contributed by atoms with Crippen LogP contribution in [0.2, 0.25) is 5.02 Å². The molecule has 0 aliphatic rings. The fourth-order valence-electron chi connectivity index (χ4n) is 2.64. The first-order chi connectivity index (χ1) is 12.3. The Bertz CT molecular complexity index is 942. The van der Waals surface area contributed by atoms with Gasteiger partial charge in [-0.05, 0) is 43.2 Å². The van der Waals surface area contributed by atoms with Crippen LogP contribution in [0.5, 0.6) is 5.75 Å². The number of aromatic nitrogens is 2. The van der Waals surface area contributed by atoms with Gasteiger partial charge >= 0.3 is 0 Å². The number of halogens is 1. The van der Waals surface area contributed by atoms with Crippen molar-refractivity contribution >= 4 is 28.3 Å². The molecule has 1 atom stereocenters. The van der Waals surface area contributed by atoms with E-state index in [1.165, 1.54) is 0 Å². The molecule has 4 N–H and O–H groups in total. The Morgan fingerprint density at radius 2 is 1.92 bits per heavy atom. The van der Waals surface area contributed by atoms with Gasteiger partial charge < -0.3 is 16.2 Å². The molecular formula is C20H23ClN4O. The van der Waals surface area contributed by atoms with Gasteiger partial charge in [0.05, 0.1) is 11.1 Å². The predicted octanol–water partition coefficient (Wildman–Crippen LogP) is 4.36. The van der Waals surface area contributed by atoms with Crippen LogP contribution in [0.4, 0.5) is 5.82 Å². The fraction of sp³-hybridized carbons (Fsp3) is 0.300. The maximum atomic E-state index is 10.2. The van der Waals surface area contributed by atoms with Gasteiger partial charge in [-0.3, -0.25) is 0 Å². The molecule has 0 radical (unpaired) electrons. The second-order valence-electron chi connectivity index (χ2n) is 6.87. The van der Waals surface area contributed by atoms with Crippen LogP contribution in [0, 0.1) is 12.8 Å². The van der Waals surface area contributed by atoms with E-state index in [2.05, 4.69) is 29.1 Å². The molecule has 0 bridgehead atoms. The van der Waals surface area contributed by atoms with E-state index in [1.807, 2.05) is 25.1 Å². The number of aromatic hydroxyl groups is 1. The molecule has 26 heavy (non-hydrogen) atoms. The van der Waals surface area contributed by atoms with Gasteiger partial charge in [0.2, 0.25) is 0 Å². The van der Waals surface area contributed by atoms with Crippen molar-refractivity contribution < 1.29 is 5.11 Å². The summed E-state index contributed by atoms with van der Waals surface area (Å²) in [5.41, 5.74) is 8.58. The smallest absolute Gasteiger partial charge is 0.165 e. The van der Waals surface area contributed by atoms with Crippen molar-refractivity contribution in [3.05, 3.63) is 47.0 Å². The number of phenols is 1. The largest absolute Gasteiger partial charge is 0.507 e. The molecule has 3 rings (SSSR count). The van der Waals surface area contributed by atoms with E-state index < -0.39 is 0 Å². The molecule has 3 aromatic rings. The number of aryl methyl sites for hydroxylation is 1. The quantitative estimate of drug-likeness (QED) is 0.621. The number of rotatable bonds is 5. The molecular weight excluding hydrogens is 348 g/mol. The Balaban J connectivity index is 2.11. The standard InChI is InChI=1S/C20H23ClN4O/c1-11(2)16(22)10-23-19-14-8-12(3)4-6-17(14)24-20(25-19)15-9-13(21)5-7-18(15)26/h4-9,11,16,26H,10,22H2,1-3H3,(H,23,24,25). The minimum absolute atomic E-state index is 0.00727. The highest BCUT2D eigenvalue weighted by Crippen LogP contribution is 2.32.